The maximum absolute atomic E-state index is 13.9. The lowest BCUT2D eigenvalue weighted by molar-refractivity contribution is 0.0673. The van der Waals surface area contributed by atoms with Crippen LogP contribution in [-0.4, -0.2) is 40.4 Å². The van der Waals surface area contributed by atoms with Crippen molar-refractivity contribution in [3.63, 3.8) is 0 Å². The Morgan fingerprint density at radius 2 is 1.88 bits per heavy atom. The minimum atomic E-state index is -0.777. The molecule has 0 saturated carbocycles. The molecule has 0 N–H and O–H groups in total. The van der Waals surface area contributed by atoms with Crippen molar-refractivity contribution in [3.05, 3.63) is 70.7 Å². The number of nitrogens with zero attached hydrogens (tertiary/aromatic N) is 3. The summed E-state index contributed by atoms with van der Waals surface area (Å²) in [5.74, 6) is -2.58. The van der Waals surface area contributed by atoms with E-state index in [-0.39, 0.29) is 23.8 Å². The van der Waals surface area contributed by atoms with E-state index >= 15 is 0 Å². The molecule has 0 spiro atoms. The molecule has 4 rings (SSSR count). The number of aromatic nitrogens is 2. The normalized spacial score (nSPS) is 15.6. The van der Waals surface area contributed by atoms with Crippen LogP contribution in [0.5, 0.6) is 5.75 Å². The number of benzene rings is 2. The van der Waals surface area contributed by atoms with Crippen LogP contribution in [0, 0.1) is 17.5 Å². The first kappa shape index (κ1) is 21.9. The number of hydrogen-bond donors (Lipinski definition) is 0. The third-order valence-corrected chi connectivity index (χ3v) is 5.55. The molecule has 1 aromatic heterocycles. The molecular weight excluding hydrogens is 426 g/mol. The lowest BCUT2D eigenvalue weighted by atomic mass is 9.95. The van der Waals surface area contributed by atoms with Crippen molar-refractivity contribution in [1.29, 1.82) is 0 Å². The summed E-state index contributed by atoms with van der Waals surface area (Å²) in [4.78, 5) is 14.7. The lowest BCUT2D eigenvalue weighted by Gasteiger charge is -2.33. The van der Waals surface area contributed by atoms with Gasteiger partial charge >= 0.3 is 0 Å². The number of ether oxygens (including phenoxy) is 1. The van der Waals surface area contributed by atoms with Gasteiger partial charge in [0.05, 0.1) is 17.4 Å². The van der Waals surface area contributed by atoms with E-state index in [0.29, 0.717) is 29.9 Å². The molecule has 1 amide bonds. The SMILES string of the molecule is C[C@H]1c2nn(C)c(-c3cc(F)cc(F)c3)c2CCN1C(=O)c1ccc(F)c(OCCF)c1. The molecule has 1 aliphatic rings. The summed E-state index contributed by atoms with van der Waals surface area (Å²) in [6, 6.07) is 6.60. The molecule has 168 valence electrons. The minimum Gasteiger partial charge on any atom is -0.488 e. The summed E-state index contributed by atoms with van der Waals surface area (Å²) in [5.41, 5.74) is 2.63. The molecule has 2 heterocycles. The monoisotopic (exact) mass is 447 g/mol. The number of aryl methyl sites for hydroxylation is 1. The van der Waals surface area contributed by atoms with Gasteiger partial charge in [-0.1, -0.05) is 0 Å². The molecule has 1 atom stereocenters. The second kappa shape index (κ2) is 8.64. The number of rotatable bonds is 5. The van der Waals surface area contributed by atoms with Crippen molar-refractivity contribution in [2.75, 3.05) is 19.8 Å². The number of halogens is 4. The fourth-order valence-electron chi connectivity index (χ4n) is 4.13. The van der Waals surface area contributed by atoms with Gasteiger partial charge in [0.1, 0.15) is 24.9 Å². The summed E-state index contributed by atoms with van der Waals surface area (Å²) >= 11 is 0. The smallest absolute Gasteiger partial charge is 0.254 e. The van der Waals surface area contributed by atoms with Crippen LogP contribution in [0.1, 0.15) is 34.6 Å². The molecule has 5 nitrogen and oxygen atoms in total. The summed E-state index contributed by atoms with van der Waals surface area (Å²) in [6.07, 6.45) is 0.430. The third kappa shape index (κ3) is 3.94. The van der Waals surface area contributed by atoms with Gasteiger partial charge in [-0.15, -0.1) is 0 Å². The van der Waals surface area contributed by atoms with Gasteiger partial charge in [-0.2, -0.15) is 5.10 Å². The van der Waals surface area contributed by atoms with Gasteiger partial charge in [0, 0.05) is 36.3 Å². The van der Waals surface area contributed by atoms with Crippen molar-refractivity contribution in [2.24, 2.45) is 7.05 Å². The maximum atomic E-state index is 13.9. The summed E-state index contributed by atoms with van der Waals surface area (Å²) in [7, 11) is 1.68. The largest absolute Gasteiger partial charge is 0.488 e. The predicted octanol–water partition coefficient (Wildman–Crippen LogP) is 4.61. The van der Waals surface area contributed by atoms with Crippen molar-refractivity contribution >= 4 is 5.91 Å². The van der Waals surface area contributed by atoms with Crippen LogP contribution in [0.15, 0.2) is 36.4 Å². The number of carbonyl (C=O) groups is 1. The van der Waals surface area contributed by atoms with E-state index in [1.54, 1.807) is 16.6 Å². The molecule has 0 saturated heterocycles. The number of carbonyl (C=O) groups excluding carboxylic acids is 1. The average molecular weight is 447 g/mol. The second-order valence-electron chi connectivity index (χ2n) is 7.60. The molecule has 0 unspecified atom stereocenters. The van der Waals surface area contributed by atoms with Crippen molar-refractivity contribution in [2.45, 2.75) is 19.4 Å². The van der Waals surface area contributed by atoms with Gasteiger partial charge < -0.3 is 9.64 Å². The van der Waals surface area contributed by atoms with Crippen LogP contribution < -0.4 is 4.74 Å². The van der Waals surface area contributed by atoms with Crippen molar-refractivity contribution in [3.8, 4) is 17.0 Å². The van der Waals surface area contributed by atoms with Gasteiger partial charge in [0.2, 0.25) is 0 Å². The first-order valence-electron chi connectivity index (χ1n) is 10.1. The van der Waals surface area contributed by atoms with Crippen molar-refractivity contribution in [1.82, 2.24) is 14.7 Å². The van der Waals surface area contributed by atoms with E-state index in [2.05, 4.69) is 5.10 Å². The fourth-order valence-corrected chi connectivity index (χ4v) is 4.13. The van der Waals surface area contributed by atoms with Crippen LogP contribution in [-0.2, 0) is 13.5 Å². The zero-order chi connectivity index (χ0) is 23.0. The van der Waals surface area contributed by atoms with Gasteiger partial charge in [-0.3, -0.25) is 9.48 Å². The Balaban J connectivity index is 1.65. The highest BCUT2D eigenvalue weighted by atomic mass is 19.1. The zero-order valence-electron chi connectivity index (χ0n) is 17.5. The average Bonchev–Trinajstić information content (AvgIpc) is 3.09. The number of fused-ring (bicyclic) bond motifs is 1. The van der Waals surface area contributed by atoms with Crippen LogP contribution >= 0.6 is 0 Å². The van der Waals surface area contributed by atoms with Gasteiger partial charge in [-0.25, -0.2) is 17.6 Å². The minimum absolute atomic E-state index is 0.188. The van der Waals surface area contributed by atoms with Crippen LogP contribution in [0.3, 0.4) is 0 Å². The van der Waals surface area contributed by atoms with Gasteiger partial charge in [0.15, 0.2) is 11.6 Å². The topological polar surface area (TPSA) is 47.4 Å². The highest BCUT2D eigenvalue weighted by molar-refractivity contribution is 5.95. The van der Waals surface area contributed by atoms with E-state index in [1.165, 1.54) is 24.3 Å². The number of hydrogen-bond acceptors (Lipinski definition) is 3. The maximum Gasteiger partial charge on any atom is 0.254 e. The Bertz CT molecular complexity index is 1160. The highest BCUT2D eigenvalue weighted by Gasteiger charge is 2.33. The number of alkyl halides is 1. The molecule has 1 aliphatic heterocycles. The Hall–Kier alpha value is -3.36. The molecule has 0 radical (unpaired) electrons. The first-order valence-corrected chi connectivity index (χ1v) is 10.1. The first-order chi connectivity index (χ1) is 15.3. The summed E-state index contributed by atoms with van der Waals surface area (Å²) < 4.78 is 60.4. The Morgan fingerprint density at radius 1 is 1.16 bits per heavy atom. The van der Waals surface area contributed by atoms with Crippen molar-refractivity contribution < 1.29 is 27.1 Å². The van der Waals surface area contributed by atoms with Crippen LogP contribution in [0.25, 0.3) is 11.3 Å². The molecule has 0 fully saturated rings. The molecule has 0 bridgehead atoms. The molecule has 0 aliphatic carbocycles. The predicted molar refractivity (Wildman–Crippen MR) is 110 cm³/mol. The van der Waals surface area contributed by atoms with E-state index < -0.39 is 30.2 Å². The molecule has 3 aromatic rings. The Morgan fingerprint density at radius 3 is 2.56 bits per heavy atom. The lowest BCUT2D eigenvalue weighted by Crippen LogP contribution is -2.39. The molecule has 32 heavy (non-hydrogen) atoms. The Labute approximate surface area is 182 Å². The standard InChI is InChI=1S/C23H21F4N3O2/c1-13-21-18(22(29(2)28-21)15-9-16(25)12-17(26)10-15)5-7-30(13)23(31)14-3-4-19(27)20(11-14)32-8-6-24/h3-4,9-13H,5-8H2,1-2H3/t13-/m0/s1. The summed E-state index contributed by atoms with van der Waals surface area (Å²) in [5, 5.41) is 4.52. The van der Waals surface area contributed by atoms with E-state index in [9.17, 15) is 22.4 Å². The molecular formula is C23H21F4N3O2. The summed E-state index contributed by atoms with van der Waals surface area (Å²) in [6.45, 7) is 1.06. The Kier molecular flexibility index (Phi) is 5.90. The van der Waals surface area contributed by atoms with E-state index in [1.807, 2.05) is 6.92 Å². The quantitative estimate of drug-likeness (QED) is 0.537. The highest BCUT2D eigenvalue weighted by Crippen LogP contribution is 2.36. The van der Waals surface area contributed by atoms with E-state index in [4.69, 9.17) is 4.74 Å². The third-order valence-electron chi connectivity index (χ3n) is 5.55. The second-order valence-corrected chi connectivity index (χ2v) is 7.60. The van der Waals surface area contributed by atoms with Gasteiger partial charge in [0.25, 0.3) is 5.91 Å². The number of amides is 1. The molecule has 2 aromatic carbocycles. The van der Waals surface area contributed by atoms with Crippen LogP contribution in [0.2, 0.25) is 0 Å². The van der Waals surface area contributed by atoms with Gasteiger partial charge in [-0.05, 0) is 43.7 Å². The van der Waals surface area contributed by atoms with E-state index in [0.717, 1.165) is 17.7 Å². The zero-order valence-corrected chi connectivity index (χ0v) is 17.5. The van der Waals surface area contributed by atoms with Crippen LogP contribution in [0.4, 0.5) is 17.6 Å². The fraction of sp³-hybridized carbons (Fsp3) is 0.304. The molecule has 9 heteroatoms.